The van der Waals surface area contributed by atoms with Crippen LogP contribution in [0, 0.1) is 17.3 Å². The standard InChI is InChI=1S/C19H25NO4/c1-19(10-11-19)15(14-8-5-9-14)16(17(21)22)20-18(23)24-12-13-6-3-2-4-7-13/h2-4,6-7,14-16H,5,8-12H2,1H3,(H,20,23)(H,21,22)/t15?,16-/m0/s1. The van der Waals surface area contributed by atoms with Crippen molar-refractivity contribution in [2.75, 3.05) is 0 Å². The van der Waals surface area contributed by atoms with E-state index in [-0.39, 0.29) is 17.9 Å². The van der Waals surface area contributed by atoms with Gasteiger partial charge in [-0.15, -0.1) is 0 Å². The number of ether oxygens (including phenoxy) is 1. The molecule has 3 rings (SSSR count). The number of rotatable bonds is 7. The minimum absolute atomic E-state index is 0.00646. The van der Waals surface area contributed by atoms with Crippen LogP contribution in [0.3, 0.4) is 0 Å². The van der Waals surface area contributed by atoms with E-state index >= 15 is 0 Å². The summed E-state index contributed by atoms with van der Waals surface area (Å²) in [6, 6.07) is 8.50. The molecule has 2 aliphatic carbocycles. The highest BCUT2D eigenvalue weighted by atomic mass is 16.5. The van der Waals surface area contributed by atoms with Gasteiger partial charge in [0.05, 0.1) is 0 Å². The Hall–Kier alpha value is -2.04. The molecule has 2 saturated carbocycles. The van der Waals surface area contributed by atoms with Crippen LogP contribution in [0.15, 0.2) is 30.3 Å². The molecule has 0 saturated heterocycles. The van der Waals surface area contributed by atoms with E-state index in [0.717, 1.165) is 37.7 Å². The monoisotopic (exact) mass is 331 g/mol. The first-order chi connectivity index (χ1) is 11.5. The van der Waals surface area contributed by atoms with E-state index in [1.54, 1.807) is 0 Å². The Morgan fingerprint density at radius 2 is 1.96 bits per heavy atom. The van der Waals surface area contributed by atoms with E-state index in [1.807, 2.05) is 30.3 Å². The molecule has 1 amide bonds. The van der Waals surface area contributed by atoms with Crippen LogP contribution < -0.4 is 5.32 Å². The Labute approximate surface area is 142 Å². The van der Waals surface area contributed by atoms with Crippen molar-refractivity contribution in [3.8, 4) is 0 Å². The van der Waals surface area contributed by atoms with Crippen LogP contribution in [0.1, 0.15) is 44.6 Å². The number of amides is 1. The molecule has 0 spiro atoms. The number of alkyl carbamates (subject to hydrolysis) is 1. The van der Waals surface area contributed by atoms with Gasteiger partial charge in [0.2, 0.25) is 0 Å². The molecule has 0 aromatic heterocycles. The summed E-state index contributed by atoms with van der Waals surface area (Å²) in [7, 11) is 0. The second-order valence-electron chi connectivity index (χ2n) is 7.39. The summed E-state index contributed by atoms with van der Waals surface area (Å²) in [6.07, 6.45) is 4.70. The molecule has 24 heavy (non-hydrogen) atoms. The molecule has 2 N–H and O–H groups in total. The number of hydrogen-bond donors (Lipinski definition) is 2. The average molecular weight is 331 g/mol. The summed E-state index contributed by atoms with van der Waals surface area (Å²) in [5.74, 6) is -0.572. The molecule has 1 aromatic rings. The fourth-order valence-corrected chi connectivity index (χ4v) is 3.77. The molecule has 2 aliphatic rings. The van der Waals surface area contributed by atoms with E-state index in [0.29, 0.717) is 5.92 Å². The maximum absolute atomic E-state index is 12.1. The Balaban J connectivity index is 1.62. The van der Waals surface area contributed by atoms with Gasteiger partial charge in [-0.2, -0.15) is 0 Å². The van der Waals surface area contributed by atoms with E-state index in [4.69, 9.17) is 4.74 Å². The summed E-state index contributed by atoms with van der Waals surface area (Å²) in [5, 5.41) is 12.3. The van der Waals surface area contributed by atoms with Crippen molar-refractivity contribution in [3.05, 3.63) is 35.9 Å². The van der Waals surface area contributed by atoms with Gasteiger partial charge < -0.3 is 15.2 Å². The lowest BCUT2D eigenvalue weighted by molar-refractivity contribution is -0.143. The highest BCUT2D eigenvalue weighted by Crippen LogP contribution is 2.58. The molecule has 0 bridgehead atoms. The quantitative estimate of drug-likeness (QED) is 0.801. The molecule has 130 valence electrons. The Bertz CT molecular complexity index is 593. The maximum Gasteiger partial charge on any atom is 0.408 e. The van der Waals surface area contributed by atoms with E-state index in [1.165, 1.54) is 0 Å². The van der Waals surface area contributed by atoms with Crippen LogP contribution in [0.4, 0.5) is 4.79 Å². The zero-order valence-electron chi connectivity index (χ0n) is 14.0. The number of nitrogens with one attached hydrogen (secondary N) is 1. The van der Waals surface area contributed by atoms with Gasteiger partial charge in [-0.3, -0.25) is 0 Å². The van der Waals surface area contributed by atoms with Gasteiger partial charge >= 0.3 is 12.1 Å². The topological polar surface area (TPSA) is 75.6 Å². The molecule has 1 aromatic carbocycles. The minimum Gasteiger partial charge on any atom is -0.480 e. The second-order valence-corrected chi connectivity index (χ2v) is 7.39. The number of carbonyl (C=O) groups is 2. The van der Waals surface area contributed by atoms with Crippen molar-refractivity contribution in [1.29, 1.82) is 0 Å². The van der Waals surface area contributed by atoms with Crippen molar-refractivity contribution in [3.63, 3.8) is 0 Å². The summed E-state index contributed by atoms with van der Waals surface area (Å²) in [4.78, 5) is 23.9. The van der Waals surface area contributed by atoms with Gasteiger partial charge in [-0.1, -0.05) is 56.5 Å². The molecule has 5 nitrogen and oxygen atoms in total. The summed E-state index contributed by atoms with van der Waals surface area (Å²) in [5.41, 5.74) is 0.921. The SMILES string of the molecule is CC1(C(C2CCC2)[C@H](NC(=O)OCc2ccccc2)C(=O)O)CC1. The van der Waals surface area contributed by atoms with Gasteiger partial charge in [0.15, 0.2) is 0 Å². The molecule has 0 heterocycles. The number of aliphatic carboxylic acids is 1. The van der Waals surface area contributed by atoms with Crippen LogP contribution in [-0.2, 0) is 16.1 Å². The van der Waals surface area contributed by atoms with Gasteiger partial charge in [0.25, 0.3) is 0 Å². The van der Waals surface area contributed by atoms with Gasteiger partial charge in [0.1, 0.15) is 12.6 Å². The number of carboxylic acids is 1. The van der Waals surface area contributed by atoms with Crippen LogP contribution in [0.2, 0.25) is 0 Å². The number of benzene rings is 1. The molecule has 0 aliphatic heterocycles. The first-order valence-electron chi connectivity index (χ1n) is 8.70. The Morgan fingerprint density at radius 3 is 2.46 bits per heavy atom. The van der Waals surface area contributed by atoms with Gasteiger partial charge in [0, 0.05) is 0 Å². The molecule has 0 radical (unpaired) electrons. The van der Waals surface area contributed by atoms with Crippen molar-refractivity contribution in [2.24, 2.45) is 17.3 Å². The average Bonchev–Trinajstić information content (AvgIpc) is 3.26. The van der Waals surface area contributed by atoms with Gasteiger partial charge in [-0.05, 0) is 35.7 Å². The molecular formula is C19H25NO4. The number of carbonyl (C=O) groups excluding carboxylic acids is 1. The number of hydrogen-bond acceptors (Lipinski definition) is 3. The van der Waals surface area contributed by atoms with E-state index in [2.05, 4.69) is 12.2 Å². The number of carboxylic acid groups (broad SMARTS) is 1. The lowest BCUT2D eigenvalue weighted by Crippen LogP contribution is -2.52. The zero-order chi connectivity index (χ0) is 17.2. The predicted octanol–water partition coefficient (Wildman–Crippen LogP) is 3.58. The van der Waals surface area contributed by atoms with Crippen LogP contribution >= 0.6 is 0 Å². The first kappa shape index (κ1) is 16.8. The third kappa shape index (κ3) is 3.71. The smallest absolute Gasteiger partial charge is 0.408 e. The highest BCUT2D eigenvalue weighted by Gasteiger charge is 2.54. The fourth-order valence-electron chi connectivity index (χ4n) is 3.77. The van der Waals surface area contributed by atoms with Crippen LogP contribution in [0.25, 0.3) is 0 Å². The maximum atomic E-state index is 12.1. The predicted molar refractivity (Wildman–Crippen MR) is 89.4 cm³/mol. The van der Waals surface area contributed by atoms with Crippen molar-refractivity contribution in [2.45, 2.75) is 51.7 Å². The molecule has 2 fully saturated rings. The van der Waals surface area contributed by atoms with E-state index < -0.39 is 18.1 Å². The van der Waals surface area contributed by atoms with Crippen molar-refractivity contribution < 1.29 is 19.4 Å². The molecule has 1 unspecified atom stereocenters. The van der Waals surface area contributed by atoms with Gasteiger partial charge in [-0.25, -0.2) is 9.59 Å². The summed E-state index contributed by atoms with van der Waals surface area (Å²) in [6.45, 7) is 2.29. The third-order valence-corrected chi connectivity index (χ3v) is 5.61. The summed E-state index contributed by atoms with van der Waals surface area (Å²) < 4.78 is 5.21. The fraction of sp³-hybridized carbons (Fsp3) is 0.579. The normalized spacial score (nSPS) is 21.2. The molecular weight excluding hydrogens is 306 g/mol. The Kier molecular flexibility index (Phi) is 4.78. The third-order valence-electron chi connectivity index (χ3n) is 5.61. The largest absolute Gasteiger partial charge is 0.480 e. The highest BCUT2D eigenvalue weighted by molar-refractivity contribution is 5.80. The van der Waals surface area contributed by atoms with Crippen LogP contribution in [-0.4, -0.2) is 23.2 Å². The molecule has 5 heteroatoms. The minimum atomic E-state index is -0.961. The lowest BCUT2D eigenvalue weighted by Gasteiger charge is -2.41. The first-order valence-corrected chi connectivity index (χ1v) is 8.70. The lowest BCUT2D eigenvalue weighted by atomic mass is 9.66. The second kappa shape index (κ2) is 6.83. The van der Waals surface area contributed by atoms with Crippen molar-refractivity contribution in [1.82, 2.24) is 5.32 Å². The molecule has 2 atom stereocenters. The van der Waals surface area contributed by atoms with E-state index in [9.17, 15) is 14.7 Å². The van der Waals surface area contributed by atoms with Crippen molar-refractivity contribution >= 4 is 12.1 Å². The van der Waals surface area contributed by atoms with Crippen LogP contribution in [0.5, 0.6) is 0 Å². The Morgan fingerprint density at radius 1 is 1.29 bits per heavy atom. The summed E-state index contributed by atoms with van der Waals surface area (Å²) >= 11 is 0. The zero-order valence-corrected chi connectivity index (χ0v) is 14.0.